The summed E-state index contributed by atoms with van der Waals surface area (Å²) in [7, 11) is 3.07. The van der Waals surface area contributed by atoms with E-state index in [1.807, 2.05) is 6.07 Å². The van der Waals surface area contributed by atoms with Crippen LogP contribution in [0.4, 0.5) is 0 Å². The second-order valence-corrected chi connectivity index (χ2v) is 8.50. The number of aromatic nitrogens is 1. The van der Waals surface area contributed by atoms with Crippen molar-refractivity contribution in [2.24, 2.45) is 5.92 Å². The van der Waals surface area contributed by atoms with Gasteiger partial charge in [-0.25, -0.2) is 0 Å². The van der Waals surface area contributed by atoms with Crippen LogP contribution in [0.25, 0.3) is 10.9 Å². The zero-order valence-electron chi connectivity index (χ0n) is 18.6. The first-order chi connectivity index (χ1) is 16.0. The fourth-order valence-electron chi connectivity index (χ4n) is 4.08. The number of ether oxygens (including phenoxy) is 2. The summed E-state index contributed by atoms with van der Waals surface area (Å²) in [6.45, 7) is 1.88. The van der Waals surface area contributed by atoms with Gasteiger partial charge in [0.2, 0.25) is 0 Å². The highest BCUT2D eigenvalue weighted by Crippen LogP contribution is 2.34. The summed E-state index contributed by atoms with van der Waals surface area (Å²) in [6, 6.07) is 10.4. The number of methoxy groups -OCH3 is 1. The van der Waals surface area contributed by atoms with Crippen LogP contribution < -0.4 is 20.1 Å². The predicted molar refractivity (Wildman–Crippen MR) is 128 cm³/mol. The van der Waals surface area contributed by atoms with Crippen molar-refractivity contribution >= 4 is 34.2 Å². The molecule has 3 aromatic rings. The molecule has 1 aliphatic rings. The first-order valence-electron chi connectivity index (χ1n) is 10.9. The van der Waals surface area contributed by atoms with E-state index >= 15 is 0 Å². The SMILES string of the molecule is CNC(=O)c1cc2c(Oc3ccc(CC(=O)CC4CCNC4)c(Cl)c3)ccnc2cc1OC. The van der Waals surface area contributed by atoms with E-state index in [4.69, 9.17) is 21.1 Å². The van der Waals surface area contributed by atoms with E-state index in [-0.39, 0.29) is 11.7 Å². The van der Waals surface area contributed by atoms with Crippen LogP contribution in [0.15, 0.2) is 42.6 Å². The number of hydrogen-bond acceptors (Lipinski definition) is 6. The third-order valence-electron chi connectivity index (χ3n) is 5.81. The number of carbonyl (C=O) groups is 2. The van der Waals surface area contributed by atoms with Gasteiger partial charge in [-0.05, 0) is 55.3 Å². The standard InChI is InChI=1S/C25H26ClN3O4/c1-27-25(31)20-12-19-22(13-24(20)32-2)29-8-6-23(19)33-18-4-3-16(21(26)11-18)10-17(30)9-15-5-7-28-14-15/h3-4,6,8,11-13,15,28H,5,7,9-10,14H2,1-2H3,(H,27,31). The highest BCUT2D eigenvalue weighted by atomic mass is 35.5. The first-order valence-corrected chi connectivity index (χ1v) is 11.2. The van der Waals surface area contributed by atoms with Crippen LogP contribution in [0, 0.1) is 5.92 Å². The number of nitrogens with zero attached hydrogens (tertiary/aromatic N) is 1. The Hall–Kier alpha value is -3.16. The van der Waals surface area contributed by atoms with Crippen molar-refractivity contribution in [1.29, 1.82) is 0 Å². The topological polar surface area (TPSA) is 89.5 Å². The lowest BCUT2D eigenvalue weighted by Gasteiger charge is -2.13. The molecule has 2 heterocycles. The van der Waals surface area contributed by atoms with Gasteiger partial charge in [0.05, 0.1) is 18.2 Å². The van der Waals surface area contributed by atoms with Crippen LogP contribution in [-0.2, 0) is 11.2 Å². The first kappa shape index (κ1) is 23.0. The molecule has 0 spiro atoms. The maximum atomic E-state index is 12.4. The van der Waals surface area contributed by atoms with Gasteiger partial charge < -0.3 is 20.1 Å². The normalized spacial score (nSPS) is 15.4. The molecule has 4 rings (SSSR count). The summed E-state index contributed by atoms with van der Waals surface area (Å²) in [4.78, 5) is 29.1. The van der Waals surface area contributed by atoms with Gasteiger partial charge in [-0.2, -0.15) is 0 Å². The van der Waals surface area contributed by atoms with Gasteiger partial charge in [-0.1, -0.05) is 17.7 Å². The number of pyridine rings is 1. The van der Waals surface area contributed by atoms with Gasteiger partial charge in [-0.15, -0.1) is 0 Å². The summed E-state index contributed by atoms with van der Waals surface area (Å²) in [5.41, 5.74) is 1.80. The highest BCUT2D eigenvalue weighted by molar-refractivity contribution is 6.31. The van der Waals surface area contributed by atoms with Crippen molar-refractivity contribution in [3.05, 3.63) is 58.7 Å². The van der Waals surface area contributed by atoms with Crippen LogP contribution in [0.3, 0.4) is 0 Å². The number of benzene rings is 2. The van der Waals surface area contributed by atoms with E-state index < -0.39 is 0 Å². The molecule has 172 valence electrons. The van der Waals surface area contributed by atoms with Crippen molar-refractivity contribution in [1.82, 2.24) is 15.6 Å². The number of fused-ring (bicyclic) bond motifs is 1. The fourth-order valence-corrected chi connectivity index (χ4v) is 4.31. The van der Waals surface area contributed by atoms with Crippen LogP contribution in [-0.4, -0.2) is 43.9 Å². The molecule has 1 aliphatic heterocycles. The van der Waals surface area contributed by atoms with Crippen LogP contribution in [0.2, 0.25) is 5.02 Å². The van der Waals surface area contributed by atoms with E-state index in [1.165, 1.54) is 7.11 Å². The smallest absolute Gasteiger partial charge is 0.254 e. The largest absolute Gasteiger partial charge is 0.496 e. The Morgan fingerprint density at radius 2 is 2.06 bits per heavy atom. The van der Waals surface area contributed by atoms with Gasteiger partial charge in [-0.3, -0.25) is 14.6 Å². The molecule has 1 atom stereocenters. The average Bonchev–Trinajstić information content (AvgIpc) is 3.32. The molecule has 8 heteroatoms. The lowest BCUT2D eigenvalue weighted by Crippen LogP contribution is -2.18. The molecule has 1 amide bonds. The molecule has 1 saturated heterocycles. The quantitative estimate of drug-likeness (QED) is 0.517. The maximum absolute atomic E-state index is 12.4. The molecular formula is C25H26ClN3O4. The Labute approximate surface area is 197 Å². The molecule has 0 aliphatic carbocycles. The number of hydrogen-bond donors (Lipinski definition) is 2. The Morgan fingerprint density at radius 1 is 1.21 bits per heavy atom. The minimum atomic E-state index is -0.269. The molecule has 0 radical (unpaired) electrons. The molecule has 33 heavy (non-hydrogen) atoms. The van der Waals surface area contributed by atoms with Gasteiger partial charge >= 0.3 is 0 Å². The minimum absolute atomic E-state index is 0.190. The van der Waals surface area contributed by atoms with Crippen molar-refractivity contribution in [3.8, 4) is 17.2 Å². The number of rotatable bonds is 8. The molecule has 7 nitrogen and oxygen atoms in total. The third-order valence-corrected chi connectivity index (χ3v) is 6.17. The number of ketones is 1. The maximum Gasteiger partial charge on any atom is 0.254 e. The minimum Gasteiger partial charge on any atom is -0.496 e. The zero-order chi connectivity index (χ0) is 23.4. The molecule has 1 fully saturated rings. The lowest BCUT2D eigenvalue weighted by atomic mass is 9.98. The van der Waals surface area contributed by atoms with Gasteiger partial charge in [0.25, 0.3) is 5.91 Å². The fraction of sp³-hybridized carbons (Fsp3) is 0.320. The average molecular weight is 468 g/mol. The summed E-state index contributed by atoms with van der Waals surface area (Å²) in [5, 5.41) is 7.05. The summed E-state index contributed by atoms with van der Waals surface area (Å²) >= 11 is 6.47. The van der Waals surface area contributed by atoms with Crippen molar-refractivity contribution in [2.45, 2.75) is 19.3 Å². The summed E-state index contributed by atoms with van der Waals surface area (Å²) in [6.07, 6.45) is 3.55. The monoisotopic (exact) mass is 467 g/mol. The highest BCUT2D eigenvalue weighted by Gasteiger charge is 2.19. The molecule has 2 aromatic carbocycles. The second kappa shape index (κ2) is 10.2. The second-order valence-electron chi connectivity index (χ2n) is 8.09. The lowest BCUT2D eigenvalue weighted by molar-refractivity contribution is -0.119. The van der Waals surface area contributed by atoms with Gasteiger partial charge in [0, 0.05) is 42.6 Å². The van der Waals surface area contributed by atoms with Gasteiger partial charge in [0.1, 0.15) is 23.0 Å². The third kappa shape index (κ3) is 5.26. The van der Waals surface area contributed by atoms with E-state index in [9.17, 15) is 9.59 Å². The van der Waals surface area contributed by atoms with E-state index in [0.717, 1.165) is 25.1 Å². The van der Waals surface area contributed by atoms with Crippen molar-refractivity contribution < 1.29 is 19.1 Å². The molecule has 0 saturated carbocycles. The van der Waals surface area contributed by atoms with Gasteiger partial charge in [0.15, 0.2) is 0 Å². The van der Waals surface area contributed by atoms with Crippen LogP contribution in [0.1, 0.15) is 28.8 Å². The van der Waals surface area contributed by atoms with Crippen molar-refractivity contribution in [2.75, 3.05) is 27.2 Å². The van der Waals surface area contributed by atoms with Crippen molar-refractivity contribution in [3.63, 3.8) is 0 Å². The van der Waals surface area contributed by atoms with Crippen LogP contribution in [0.5, 0.6) is 17.2 Å². The van der Waals surface area contributed by atoms with E-state index in [0.29, 0.717) is 57.5 Å². The molecule has 2 N–H and O–H groups in total. The Kier molecular flexibility index (Phi) is 7.11. The number of halogens is 1. The molecule has 0 bridgehead atoms. The van der Waals surface area contributed by atoms with E-state index in [2.05, 4.69) is 15.6 Å². The Morgan fingerprint density at radius 3 is 2.76 bits per heavy atom. The number of carbonyl (C=O) groups excluding carboxylic acids is 2. The predicted octanol–water partition coefficient (Wildman–Crippen LogP) is 4.16. The zero-order valence-corrected chi connectivity index (χ0v) is 19.4. The van der Waals surface area contributed by atoms with Crippen LogP contribution >= 0.6 is 11.6 Å². The Balaban J connectivity index is 1.55. The van der Waals surface area contributed by atoms with E-state index in [1.54, 1.807) is 43.6 Å². The molecule has 1 unspecified atom stereocenters. The molecular weight excluding hydrogens is 442 g/mol. The Bertz CT molecular complexity index is 1190. The summed E-state index contributed by atoms with van der Waals surface area (Å²) in [5.74, 6) is 1.82. The number of nitrogens with one attached hydrogen (secondary N) is 2. The summed E-state index contributed by atoms with van der Waals surface area (Å²) < 4.78 is 11.4. The molecule has 1 aromatic heterocycles. The number of Topliss-reactive ketones (excluding diaryl/α,β-unsaturated/α-hetero) is 1. The number of amides is 1.